The Balaban J connectivity index is 1.58. The number of benzene rings is 2. The molecule has 0 radical (unpaired) electrons. The number of hydrogen-bond donors (Lipinski definition) is 1. The zero-order valence-electron chi connectivity index (χ0n) is 13.4. The van der Waals surface area contributed by atoms with Crippen LogP contribution in [-0.2, 0) is 0 Å². The number of halogens is 2. The zero-order valence-corrected chi connectivity index (χ0v) is 14.9. The van der Waals surface area contributed by atoms with Crippen LogP contribution < -0.4 is 10.2 Å². The Hall–Kier alpha value is -2.42. The monoisotopic (exact) mass is 374 g/mol. The molecule has 0 atom stereocenters. The third-order valence-electron chi connectivity index (χ3n) is 4.08. The summed E-state index contributed by atoms with van der Waals surface area (Å²) in [5.74, 6) is 0. The van der Waals surface area contributed by atoms with Crippen LogP contribution in [0.5, 0.6) is 0 Å². The largest absolute Gasteiger partial charge is 0.368 e. The summed E-state index contributed by atoms with van der Waals surface area (Å²) < 4.78 is 0. The SMILES string of the molecule is N#Cc1ccc(NC(=O)N2CCN(c3cccc(Cl)c3)CC2)cc1Cl. The van der Waals surface area contributed by atoms with Gasteiger partial charge in [0.2, 0.25) is 0 Å². The van der Waals surface area contributed by atoms with Gasteiger partial charge in [-0.2, -0.15) is 5.26 Å². The number of carbonyl (C=O) groups excluding carboxylic acids is 1. The van der Waals surface area contributed by atoms with Crippen molar-refractivity contribution in [3.05, 3.63) is 58.1 Å². The number of urea groups is 1. The zero-order chi connectivity index (χ0) is 17.8. The van der Waals surface area contributed by atoms with Gasteiger partial charge in [-0.05, 0) is 36.4 Å². The minimum absolute atomic E-state index is 0.175. The van der Waals surface area contributed by atoms with Gasteiger partial charge < -0.3 is 15.1 Å². The molecule has 0 saturated carbocycles. The van der Waals surface area contributed by atoms with Gasteiger partial charge >= 0.3 is 6.03 Å². The highest BCUT2D eigenvalue weighted by molar-refractivity contribution is 6.32. The number of nitrogens with zero attached hydrogens (tertiary/aromatic N) is 3. The number of rotatable bonds is 2. The summed E-state index contributed by atoms with van der Waals surface area (Å²) in [6.07, 6.45) is 0. The highest BCUT2D eigenvalue weighted by atomic mass is 35.5. The summed E-state index contributed by atoms with van der Waals surface area (Å²) in [7, 11) is 0. The second kappa shape index (κ2) is 7.64. The van der Waals surface area contributed by atoms with Crippen LogP contribution in [0.3, 0.4) is 0 Å². The number of nitrogens with one attached hydrogen (secondary N) is 1. The predicted octanol–water partition coefficient (Wildman–Crippen LogP) is 4.22. The van der Waals surface area contributed by atoms with Gasteiger partial charge in [-0.1, -0.05) is 29.3 Å². The molecule has 0 aromatic heterocycles. The maximum atomic E-state index is 12.4. The van der Waals surface area contributed by atoms with E-state index in [4.69, 9.17) is 28.5 Å². The van der Waals surface area contributed by atoms with E-state index >= 15 is 0 Å². The molecule has 128 valence electrons. The topological polar surface area (TPSA) is 59.4 Å². The quantitative estimate of drug-likeness (QED) is 0.855. The fourth-order valence-corrected chi connectivity index (χ4v) is 3.13. The summed E-state index contributed by atoms with van der Waals surface area (Å²) in [6, 6.07) is 14.4. The molecule has 0 aliphatic carbocycles. The van der Waals surface area contributed by atoms with Crippen LogP contribution in [0.4, 0.5) is 16.2 Å². The summed E-state index contributed by atoms with van der Waals surface area (Å²) >= 11 is 12.0. The maximum Gasteiger partial charge on any atom is 0.321 e. The Labute approximate surface area is 156 Å². The van der Waals surface area contributed by atoms with Gasteiger partial charge in [0.25, 0.3) is 0 Å². The first-order chi connectivity index (χ1) is 12.1. The van der Waals surface area contributed by atoms with Crippen LogP contribution >= 0.6 is 23.2 Å². The Kier molecular flexibility index (Phi) is 5.32. The van der Waals surface area contributed by atoms with Gasteiger partial charge in [0.05, 0.1) is 10.6 Å². The lowest BCUT2D eigenvalue weighted by molar-refractivity contribution is 0.208. The Morgan fingerprint density at radius 1 is 1.08 bits per heavy atom. The molecule has 1 saturated heterocycles. The Morgan fingerprint density at radius 3 is 2.48 bits per heavy atom. The molecule has 1 aliphatic rings. The molecule has 25 heavy (non-hydrogen) atoms. The predicted molar refractivity (Wildman–Crippen MR) is 100 cm³/mol. The van der Waals surface area contributed by atoms with Crippen LogP contribution in [0, 0.1) is 11.3 Å². The molecule has 1 heterocycles. The van der Waals surface area contributed by atoms with Gasteiger partial charge in [-0.3, -0.25) is 0 Å². The van der Waals surface area contributed by atoms with E-state index in [1.54, 1.807) is 23.1 Å². The number of carbonyl (C=O) groups is 1. The van der Waals surface area contributed by atoms with E-state index in [2.05, 4.69) is 10.2 Å². The average Bonchev–Trinajstić information content (AvgIpc) is 2.62. The first kappa shape index (κ1) is 17.4. The van der Waals surface area contributed by atoms with Crippen molar-refractivity contribution >= 4 is 40.6 Å². The second-order valence-electron chi connectivity index (χ2n) is 5.69. The van der Waals surface area contributed by atoms with Crippen molar-refractivity contribution < 1.29 is 4.79 Å². The van der Waals surface area contributed by atoms with E-state index in [-0.39, 0.29) is 6.03 Å². The third kappa shape index (κ3) is 4.16. The highest BCUT2D eigenvalue weighted by Gasteiger charge is 2.21. The number of amides is 2. The molecule has 7 heteroatoms. The molecule has 2 amide bonds. The average molecular weight is 375 g/mol. The minimum Gasteiger partial charge on any atom is -0.368 e. The van der Waals surface area contributed by atoms with E-state index in [1.807, 2.05) is 30.3 Å². The van der Waals surface area contributed by atoms with Crippen molar-refractivity contribution in [1.29, 1.82) is 5.26 Å². The fourth-order valence-electron chi connectivity index (χ4n) is 2.73. The first-order valence-corrected chi connectivity index (χ1v) is 8.58. The number of piperazine rings is 1. The standard InChI is InChI=1S/C18H16Cl2N4O/c19-14-2-1-3-16(10-14)23-6-8-24(9-7-23)18(25)22-15-5-4-13(12-21)17(20)11-15/h1-5,10-11H,6-9H2,(H,22,25). The molecule has 5 nitrogen and oxygen atoms in total. The van der Waals surface area contributed by atoms with Crippen LogP contribution in [0.15, 0.2) is 42.5 Å². The molecule has 0 spiro atoms. The second-order valence-corrected chi connectivity index (χ2v) is 6.53. The normalized spacial score (nSPS) is 14.1. The lowest BCUT2D eigenvalue weighted by Crippen LogP contribution is -2.50. The molecule has 0 unspecified atom stereocenters. The van der Waals surface area contributed by atoms with Crippen molar-refractivity contribution in [3.8, 4) is 6.07 Å². The molecule has 2 aromatic rings. The van der Waals surface area contributed by atoms with E-state index in [0.717, 1.165) is 18.8 Å². The molecule has 2 aromatic carbocycles. The Bertz CT molecular complexity index is 826. The lowest BCUT2D eigenvalue weighted by atomic mass is 10.2. The molecular formula is C18H16Cl2N4O. The molecule has 1 fully saturated rings. The van der Waals surface area contributed by atoms with Crippen molar-refractivity contribution in [2.45, 2.75) is 0 Å². The molecular weight excluding hydrogens is 359 g/mol. The summed E-state index contributed by atoms with van der Waals surface area (Å²) in [6.45, 7) is 2.70. The maximum absolute atomic E-state index is 12.4. The number of nitriles is 1. The molecule has 0 bridgehead atoms. The Morgan fingerprint density at radius 2 is 1.84 bits per heavy atom. The summed E-state index contributed by atoms with van der Waals surface area (Å²) in [4.78, 5) is 16.4. The first-order valence-electron chi connectivity index (χ1n) is 7.83. The van der Waals surface area contributed by atoms with E-state index in [1.165, 1.54) is 0 Å². The fraction of sp³-hybridized carbons (Fsp3) is 0.222. The van der Waals surface area contributed by atoms with Gasteiger partial charge in [0.1, 0.15) is 6.07 Å². The molecule has 1 N–H and O–H groups in total. The van der Waals surface area contributed by atoms with Gasteiger partial charge in [0.15, 0.2) is 0 Å². The molecule has 1 aliphatic heterocycles. The number of anilines is 2. The van der Waals surface area contributed by atoms with Gasteiger partial charge in [-0.25, -0.2) is 4.79 Å². The van der Waals surface area contributed by atoms with Crippen LogP contribution in [0.25, 0.3) is 0 Å². The van der Waals surface area contributed by atoms with E-state index in [0.29, 0.717) is 34.4 Å². The van der Waals surface area contributed by atoms with E-state index < -0.39 is 0 Å². The highest BCUT2D eigenvalue weighted by Crippen LogP contribution is 2.22. The van der Waals surface area contributed by atoms with Crippen LogP contribution in [0.2, 0.25) is 10.0 Å². The van der Waals surface area contributed by atoms with Crippen molar-refractivity contribution in [1.82, 2.24) is 4.90 Å². The lowest BCUT2D eigenvalue weighted by Gasteiger charge is -2.36. The number of hydrogen-bond acceptors (Lipinski definition) is 3. The smallest absolute Gasteiger partial charge is 0.321 e. The van der Waals surface area contributed by atoms with E-state index in [9.17, 15) is 4.79 Å². The van der Waals surface area contributed by atoms with Crippen molar-refractivity contribution in [3.63, 3.8) is 0 Å². The van der Waals surface area contributed by atoms with Gasteiger partial charge in [0, 0.05) is 42.6 Å². The minimum atomic E-state index is -0.175. The summed E-state index contributed by atoms with van der Waals surface area (Å²) in [5.41, 5.74) is 2.02. The molecule has 3 rings (SSSR count). The van der Waals surface area contributed by atoms with Gasteiger partial charge in [-0.15, -0.1) is 0 Å². The van der Waals surface area contributed by atoms with Crippen molar-refractivity contribution in [2.75, 3.05) is 36.4 Å². The summed E-state index contributed by atoms with van der Waals surface area (Å²) in [5, 5.41) is 12.7. The van der Waals surface area contributed by atoms with Crippen molar-refractivity contribution in [2.24, 2.45) is 0 Å². The van der Waals surface area contributed by atoms with Crippen LogP contribution in [0.1, 0.15) is 5.56 Å². The third-order valence-corrected chi connectivity index (χ3v) is 4.63. The van der Waals surface area contributed by atoms with Crippen LogP contribution in [-0.4, -0.2) is 37.1 Å².